The van der Waals surface area contributed by atoms with Crippen molar-refractivity contribution in [2.45, 2.75) is 0 Å². The van der Waals surface area contributed by atoms with Crippen molar-refractivity contribution in [3.63, 3.8) is 0 Å². The number of hydrogen-bond acceptors (Lipinski definition) is 0. The maximum atomic E-state index is 6.89. The number of halogens is 1. The standard InChI is InChI=1S/C28H17Cl/c29-26-17-16-25-22-13-4-3-11-20(22)21-12-5-6-14-24(21)27(25)28(26)23-15-7-9-18-8-1-2-10-19(18)23/h1-17H. The van der Waals surface area contributed by atoms with E-state index < -0.39 is 0 Å². The lowest BCUT2D eigenvalue weighted by Gasteiger charge is -2.17. The first-order chi connectivity index (χ1) is 14.3. The molecule has 29 heavy (non-hydrogen) atoms. The van der Waals surface area contributed by atoms with E-state index in [-0.39, 0.29) is 0 Å². The summed E-state index contributed by atoms with van der Waals surface area (Å²) in [5, 5.41) is 10.8. The quantitative estimate of drug-likeness (QED) is 0.247. The molecule has 6 aromatic carbocycles. The van der Waals surface area contributed by atoms with E-state index in [0.29, 0.717) is 0 Å². The maximum absolute atomic E-state index is 6.89. The zero-order chi connectivity index (χ0) is 19.4. The summed E-state index contributed by atoms with van der Waals surface area (Å²) in [7, 11) is 0. The van der Waals surface area contributed by atoms with Gasteiger partial charge in [-0.2, -0.15) is 0 Å². The first kappa shape index (κ1) is 16.6. The molecule has 136 valence electrons. The van der Waals surface area contributed by atoms with Crippen molar-refractivity contribution in [2.75, 3.05) is 0 Å². The lowest BCUT2D eigenvalue weighted by molar-refractivity contribution is 1.70. The summed E-state index contributed by atoms with van der Waals surface area (Å²) in [6.45, 7) is 0. The average Bonchev–Trinajstić information content (AvgIpc) is 2.79. The molecule has 0 nitrogen and oxygen atoms in total. The van der Waals surface area contributed by atoms with Gasteiger partial charge in [-0.3, -0.25) is 0 Å². The van der Waals surface area contributed by atoms with Crippen LogP contribution >= 0.6 is 11.6 Å². The van der Waals surface area contributed by atoms with Crippen LogP contribution in [0, 0.1) is 0 Å². The van der Waals surface area contributed by atoms with Crippen molar-refractivity contribution in [3.8, 4) is 11.1 Å². The van der Waals surface area contributed by atoms with Crippen LogP contribution in [0.5, 0.6) is 0 Å². The van der Waals surface area contributed by atoms with Gasteiger partial charge in [-0.25, -0.2) is 0 Å². The summed E-state index contributed by atoms with van der Waals surface area (Å²) >= 11 is 6.89. The minimum atomic E-state index is 0.786. The third-order valence-electron chi connectivity index (χ3n) is 5.92. The van der Waals surface area contributed by atoms with Crippen molar-refractivity contribution >= 4 is 54.7 Å². The fourth-order valence-corrected chi connectivity index (χ4v) is 4.94. The van der Waals surface area contributed by atoms with Gasteiger partial charge in [0.1, 0.15) is 0 Å². The van der Waals surface area contributed by atoms with E-state index in [1.54, 1.807) is 0 Å². The van der Waals surface area contributed by atoms with Crippen LogP contribution in [-0.4, -0.2) is 0 Å². The zero-order valence-corrected chi connectivity index (χ0v) is 16.4. The molecular formula is C28H17Cl. The molecule has 0 aromatic heterocycles. The van der Waals surface area contributed by atoms with E-state index >= 15 is 0 Å². The molecule has 0 aliphatic heterocycles. The van der Waals surface area contributed by atoms with Crippen molar-refractivity contribution in [3.05, 3.63) is 108 Å². The summed E-state index contributed by atoms with van der Waals surface area (Å²) in [6, 6.07) is 36.5. The normalized spacial score (nSPS) is 11.6. The Kier molecular flexibility index (Phi) is 3.62. The summed E-state index contributed by atoms with van der Waals surface area (Å²) in [6.07, 6.45) is 0. The Balaban J connectivity index is 1.91. The van der Waals surface area contributed by atoms with Gasteiger partial charge in [-0.05, 0) is 54.7 Å². The summed E-state index contributed by atoms with van der Waals surface area (Å²) < 4.78 is 0. The van der Waals surface area contributed by atoms with Crippen LogP contribution in [0.15, 0.2) is 103 Å². The minimum Gasteiger partial charge on any atom is -0.0836 e. The van der Waals surface area contributed by atoms with Crippen LogP contribution in [0.1, 0.15) is 0 Å². The van der Waals surface area contributed by atoms with Gasteiger partial charge >= 0.3 is 0 Å². The molecule has 6 rings (SSSR count). The molecule has 0 fully saturated rings. The van der Waals surface area contributed by atoms with E-state index in [9.17, 15) is 0 Å². The fourth-order valence-electron chi connectivity index (χ4n) is 4.68. The first-order valence-corrected chi connectivity index (χ1v) is 10.2. The van der Waals surface area contributed by atoms with Gasteiger partial charge in [0.25, 0.3) is 0 Å². The van der Waals surface area contributed by atoms with E-state index in [1.165, 1.54) is 48.7 Å². The molecule has 0 aliphatic rings. The van der Waals surface area contributed by atoms with Gasteiger partial charge in [0.05, 0.1) is 0 Å². The van der Waals surface area contributed by atoms with Crippen LogP contribution in [0.3, 0.4) is 0 Å². The SMILES string of the molecule is Clc1ccc2c3ccccc3c3ccccc3c2c1-c1cccc2ccccc12. The highest BCUT2D eigenvalue weighted by molar-refractivity contribution is 6.39. The molecule has 0 aliphatic carbocycles. The highest BCUT2D eigenvalue weighted by Gasteiger charge is 2.16. The Morgan fingerprint density at radius 2 is 0.931 bits per heavy atom. The van der Waals surface area contributed by atoms with E-state index in [1.807, 2.05) is 6.07 Å². The van der Waals surface area contributed by atoms with E-state index in [0.717, 1.165) is 10.6 Å². The van der Waals surface area contributed by atoms with E-state index in [4.69, 9.17) is 11.6 Å². The van der Waals surface area contributed by atoms with Crippen molar-refractivity contribution < 1.29 is 0 Å². The molecule has 0 saturated heterocycles. The van der Waals surface area contributed by atoms with Gasteiger partial charge in [-0.15, -0.1) is 0 Å². The first-order valence-electron chi connectivity index (χ1n) is 9.83. The predicted octanol–water partition coefficient (Wildman–Crippen LogP) is 8.62. The molecule has 0 N–H and O–H groups in total. The van der Waals surface area contributed by atoms with Gasteiger partial charge in [0.15, 0.2) is 0 Å². The van der Waals surface area contributed by atoms with Crippen molar-refractivity contribution in [1.29, 1.82) is 0 Å². The molecule has 0 unspecified atom stereocenters. The number of rotatable bonds is 1. The average molecular weight is 389 g/mol. The lowest BCUT2D eigenvalue weighted by atomic mass is 9.88. The summed E-state index contributed by atoms with van der Waals surface area (Å²) in [5.74, 6) is 0. The second kappa shape index (κ2) is 6.34. The Hall–Kier alpha value is -3.35. The molecule has 0 heterocycles. The Labute approximate surface area is 174 Å². The number of hydrogen-bond donors (Lipinski definition) is 0. The maximum Gasteiger partial charge on any atom is 0.0491 e. The Bertz CT molecular complexity index is 1520. The molecule has 0 amide bonds. The molecular weight excluding hydrogens is 372 g/mol. The fraction of sp³-hybridized carbons (Fsp3) is 0. The van der Waals surface area contributed by atoms with Gasteiger partial charge in [-0.1, -0.05) is 109 Å². The van der Waals surface area contributed by atoms with Crippen LogP contribution < -0.4 is 0 Å². The van der Waals surface area contributed by atoms with Crippen molar-refractivity contribution in [2.24, 2.45) is 0 Å². The van der Waals surface area contributed by atoms with Crippen LogP contribution in [0.25, 0.3) is 54.2 Å². The summed E-state index contributed by atoms with van der Waals surface area (Å²) in [5.41, 5.74) is 2.29. The van der Waals surface area contributed by atoms with Crippen LogP contribution in [0.4, 0.5) is 0 Å². The molecule has 0 radical (unpaired) electrons. The zero-order valence-electron chi connectivity index (χ0n) is 15.7. The Morgan fingerprint density at radius 3 is 1.66 bits per heavy atom. The molecule has 0 spiro atoms. The lowest BCUT2D eigenvalue weighted by Crippen LogP contribution is -1.89. The highest BCUT2D eigenvalue weighted by Crippen LogP contribution is 2.44. The van der Waals surface area contributed by atoms with E-state index in [2.05, 4.69) is 97.1 Å². The molecule has 0 atom stereocenters. The molecule has 6 aromatic rings. The number of benzene rings is 6. The monoisotopic (exact) mass is 388 g/mol. The molecule has 0 saturated carbocycles. The van der Waals surface area contributed by atoms with Gasteiger partial charge in [0.2, 0.25) is 0 Å². The topological polar surface area (TPSA) is 0 Å². The summed E-state index contributed by atoms with van der Waals surface area (Å²) in [4.78, 5) is 0. The van der Waals surface area contributed by atoms with Crippen LogP contribution in [0.2, 0.25) is 5.02 Å². The van der Waals surface area contributed by atoms with Crippen molar-refractivity contribution in [1.82, 2.24) is 0 Å². The minimum absolute atomic E-state index is 0.786. The third kappa shape index (κ3) is 2.40. The van der Waals surface area contributed by atoms with Crippen LogP contribution in [-0.2, 0) is 0 Å². The van der Waals surface area contributed by atoms with Gasteiger partial charge in [0, 0.05) is 10.6 Å². The Morgan fingerprint density at radius 1 is 0.414 bits per heavy atom. The highest BCUT2D eigenvalue weighted by atomic mass is 35.5. The molecule has 0 bridgehead atoms. The smallest absolute Gasteiger partial charge is 0.0491 e. The number of fused-ring (bicyclic) bond motifs is 7. The molecule has 1 heteroatoms. The van der Waals surface area contributed by atoms with Gasteiger partial charge < -0.3 is 0 Å². The second-order valence-electron chi connectivity index (χ2n) is 7.46. The largest absolute Gasteiger partial charge is 0.0836 e. The predicted molar refractivity (Wildman–Crippen MR) is 127 cm³/mol. The third-order valence-corrected chi connectivity index (χ3v) is 6.23. The second-order valence-corrected chi connectivity index (χ2v) is 7.87.